The zero-order valence-corrected chi connectivity index (χ0v) is 18.0. The predicted molar refractivity (Wildman–Crippen MR) is 118 cm³/mol. The molecule has 1 aliphatic rings. The molecule has 1 aliphatic heterocycles. The number of halogens is 2. The van der Waals surface area contributed by atoms with Crippen LogP contribution in [0.5, 0.6) is 0 Å². The second-order valence-corrected chi connectivity index (χ2v) is 8.00. The molecule has 1 N–H and O–H groups in total. The standard InChI is InChI=1S/C20H21ClIN3O2/c1-2-19(26)25-10-8-24(9-11-25)18-7-6-16(13-17(18)21)23-20(27)14-4-3-5-15(22)12-14/h3-7,12-13H,2,8-11H2,1H3,(H,23,27). The summed E-state index contributed by atoms with van der Waals surface area (Å²) in [6, 6.07) is 13.0. The van der Waals surface area contributed by atoms with Crippen LogP contribution in [-0.4, -0.2) is 42.9 Å². The van der Waals surface area contributed by atoms with Gasteiger partial charge >= 0.3 is 0 Å². The zero-order chi connectivity index (χ0) is 19.4. The van der Waals surface area contributed by atoms with E-state index >= 15 is 0 Å². The van der Waals surface area contributed by atoms with Crippen LogP contribution in [0.1, 0.15) is 23.7 Å². The Kier molecular flexibility index (Phi) is 6.59. The lowest BCUT2D eigenvalue weighted by atomic mass is 10.2. The molecule has 5 nitrogen and oxygen atoms in total. The first-order valence-corrected chi connectivity index (χ1v) is 10.3. The van der Waals surface area contributed by atoms with Crippen LogP contribution >= 0.6 is 34.2 Å². The minimum Gasteiger partial charge on any atom is -0.367 e. The number of amides is 2. The van der Waals surface area contributed by atoms with Crippen molar-refractivity contribution in [1.29, 1.82) is 0 Å². The number of carbonyl (C=O) groups is 2. The van der Waals surface area contributed by atoms with E-state index in [2.05, 4.69) is 32.8 Å². The van der Waals surface area contributed by atoms with E-state index in [0.717, 1.165) is 22.3 Å². The molecular weight excluding hydrogens is 477 g/mol. The quantitative estimate of drug-likeness (QED) is 0.643. The van der Waals surface area contributed by atoms with E-state index in [1.807, 2.05) is 42.2 Å². The molecule has 1 saturated heterocycles. The SMILES string of the molecule is CCC(=O)N1CCN(c2ccc(NC(=O)c3cccc(I)c3)cc2Cl)CC1. The minimum atomic E-state index is -0.163. The van der Waals surface area contributed by atoms with E-state index in [4.69, 9.17) is 11.6 Å². The smallest absolute Gasteiger partial charge is 0.255 e. The van der Waals surface area contributed by atoms with Crippen molar-refractivity contribution in [3.8, 4) is 0 Å². The topological polar surface area (TPSA) is 52.7 Å². The molecule has 0 unspecified atom stereocenters. The van der Waals surface area contributed by atoms with Crippen LogP contribution in [0.25, 0.3) is 0 Å². The van der Waals surface area contributed by atoms with Gasteiger partial charge < -0.3 is 15.1 Å². The van der Waals surface area contributed by atoms with Crippen molar-refractivity contribution in [3.05, 3.63) is 56.6 Å². The molecule has 1 heterocycles. The summed E-state index contributed by atoms with van der Waals surface area (Å²) >= 11 is 8.65. The molecule has 0 aromatic heterocycles. The molecule has 0 spiro atoms. The van der Waals surface area contributed by atoms with Gasteiger partial charge in [-0.1, -0.05) is 24.6 Å². The van der Waals surface area contributed by atoms with Crippen molar-refractivity contribution in [2.45, 2.75) is 13.3 Å². The van der Waals surface area contributed by atoms with Crippen molar-refractivity contribution in [2.24, 2.45) is 0 Å². The summed E-state index contributed by atoms with van der Waals surface area (Å²) in [7, 11) is 0. The third-order valence-electron chi connectivity index (χ3n) is 4.57. The number of carbonyl (C=O) groups excluding carboxylic acids is 2. The number of anilines is 2. The number of nitrogens with one attached hydrogen (secondary N) is 1. The van der Waals surface area contributed by atoms with Gasteiger partial charge in [-0.15, -0.1) is 0 Å². The lowest BCUT2D eigenvalue weighted by Gasteiger charge is -2.36. The van der Waals surface area contributed by atoms with Crippen molar-refractivity contribution in [2.75, 3.05) is 36.4 Å². The zero-order valence-electron chi connectivity index (χ0n) is 15.0. The number of hydrogen-bond acceptors (Lipinski definition) is 3. The van der Waals surface area contributed by atoms with Gasteiger partial charge in [0.25, 0.3) is 5.91 Å². The average molecular weight is 498 g/mol. The maximum atomic E-state index is 12.4. The van der Waals surface area contributed by atoms with Crippen molar-refractivity contribution in [1.82, 2.24) is 4.90 Å². The Morgan fingerprint density at radius 1 is 1.11 bits per heavy atom. The maximum Gasteiger partial charge on any atom is 0.255 e. The Morgan fingerprint density at radius 3 is 2.48 bits per heavy atom. The molecule has 27 heavy (non-hydrogen) atoms. The molecule has 0 atom stereocenters. The first kappa shape index (κ1) is 19.9. The summed E-state index contributed by atoms with van der Waals surface area (Å²) in [6.07, 6.45) is 0.537. The number of benzene rings is 2. The second-order valence-electron chi connectivity index (χ2n) is 6.35. The van der Waals surface area contributed by atoms with Crippen molar-refractivity contribution >= 4 is 57.4 Å². The van der Waals surface area contributed by atoms with E-state index in [9.17, 15) is 9.59 Å². The second kappa shape index (κ2) is 8.93. The van der Waals surface area contributed by atoms with Gasteiger partial charge in [0.1, 0.15) is 0 Å². The number of piperazine rings is 1. The monoisotopic (exact) mass is 497 g/mol. The molecule has 0 aliphatic carbocycles. The number of rotatable bonds is 4. The normalized spacial score (nSPS) is 14.2. The van der Waals surface area contributed by atoms with Crippen molar-refractivity contribution < 1.29 is 9.59 Å². The van der Waals surface area contributed by atoms with E-state index < -0.39 is 0 Å². The largest absolute Gasteiger partial charge is 0.367 e. The summed E-state index contributed by atoms with van der Waals surface area (Å²) in [5, 5.41) is 3.48. The first-order valence-electron chi connectivity index (χ1n) is 8.87. The maximum absolute atomic E-state index is 12.4. The van der Waals surface area contributed by atoms with Gasteiger partial charge in [0.2, 0.25) is 5.91 Å². The van der Waals surface area contributed by atoms with Gasteiger partial charge in [0.15, 0.2) is 0 Å². The molecule has 142 valence electrons. The fraction of sp³-hybridized carbons (Fsp3) is 0.300. The molecule has 2 aromatic rings. The predicted octanol–water partition coefficient (Wildman–Crippen LogP) is 4.26. The highest BCUT2D eigenvalue weighted by molar-refractivity contribution is 14.1. The van der Waals surface area contributed by atoms with Gasteiger partial charge in [-0.25, -0.2) is 0 Å². The van der Waals surface area contributed by atoms with Crippen LogP contribution in [0, 0.1) is 3.57 Å². The van der Waals surface area contributed by atoms with E-state index in [-0.39, 0.29) is 11.8 Å². The van der Waals surface area contributed by atoms with Gasteiger partial charge in [-0.05, 0) is 59.0 Å². The Bertz CT molecular complexity index is 851. The molecule has 2 amide bonds. The van der Waals surface area contributed by atoms with E-state index in [0.29, 0.717) is 35.8 Å². The molecule has 7 heteroatoms. The Morgan fingerprint density at radius 2 is 1.85 bits per heavy atom. The third-order valence-corrected chi connectivity index (χ3v) is 5.54. The fourth-order valence-corrected chi connectivity index (χ4v) is 3.94. The summed E-state index contributed by atoms with van der Waals surface area (Å²) < 4.78 is 1.01. The van der Waals surface area contributed by atoms with Gasteiger partial charge in [-0.3, -0.25) is 9.59 Å². The first-order chi connectivity index (χ1) is 13.0. The van der Waals surface area contributed by atoms with Crippen LogP contribution in [0.4, 0.5) is 11.4 Å². The third kappa shape index (κ3) is 4.93. The highest BCUT2D eigenvalue weighted by Gasteiger charge is 2.21. The number of hydrogen-bond donors (Lipinski definition) is 1. The van der Waals surface area contributed by atoms with Crippen LogP contribution in [-0.2, 0) is 4.79 Å². The van der Waals surface area contributed by atoms with Crippen LogP contribution in [0.15, 0.2) is 42.5 Å². The molecule has 0 radical (unpaired) electrons. The summed E-state index contributed by atoms with van der Waals surface area (Å²) in [6.45, 7) is 4.79. The molecule has 3 rings (SSSR count). The van der Waals surface area contributed by atoms with E-state index in [1.165, 1.54) is 0 Å². The van der Waals surface area contributed by atoms with Crippen molar-refractivity contribution in [3.63, 3.8) is 0 Å². The lowest BCUT2D eigenvalue weighted by Crippen LogP contribution is -2.48. The molecular formula is C20H21ClIN3O2. The Labute approximate surface area is 177 Å². The summed E-state index contributed by atoms with van der Waals surface area (Å²) in [4.78, 5) is 28.3. The van der Waals surface area contributed by atoms with Crippen LogP contribution in [0.2, 0.25) is 5.02 Å². The molecule has 1 fully saturated rings. The minimum absolute atomic E-state index is 0.163. The highest BCUT2D eigenvalue weighted by atomic mass is 127. The summed E-state index contributed by atoms with van der Waals surface area (Å²) in [5.41, 5.74) is 2.19. The average Bonchev–Trinajstić information content (AvgIpc) is 2.67. The van der Waals surface area contributed by atoms with Gasteiger partial charge in [0, 0.05) is 47.4 Å². The van der Waals surface area contributed by atoms with Crippen LogP contribution in [0.3, 0.4) is 0 Å². The fourth-order valence-electron chi connectivity index (χ4n) is 3.09. The molecule has 0 saturated carbocycles. The lowest BCUT2D eigenvalue weighted by molar-refractivity contribution is -0.131. The van der Waals surface area contributed by atoms with E-state index in [1.54, 1.807) is 12.1 Å². The Hall–Kier alpha value is -1.80. The Balaban J connectivity index is 1.66. The number of nitrogens with zero attached hydrogens (tertiary/aromatic N) is 2. The highest BCUT2D eigenvalue weighted by Crippen LogP contribution is 2.30. The van der Waals surface area contributed by atoms with Gasteiger partial charge in [0.05, 0.1) is 10.7 Å². The van der Waals surface area contributed by atoms with Crippen LogP contribution < -0.4 is 10.2 Å². The molecule has 2 aromatic carbocycles. The van der Waals surface area contributed by atoms with Gasteiger partial charge in [-0.2, -0.15) is 0 Å². The molecule has 0 bridgehead atoms. The summed E-state index contributed by atoms with van der Waals surface area (Å²) in [5.74, 6) is 0.0263.